The van der Waals surface area contributed by atoms with Crippen LogP contribution in [0.5, 0.6) is 5.75 Å². The van der Waals surface area contributed by atoms with Crippen molar-refractivity contribution >= 4 is 27.6 Å². The normalized spacial score (nSPS) is 15.2. The molecule has 0 radical (unpaired) electrons. The highest BCUT2D eigenvalue weighted by atomic mass is 35.5. The average molecular weight is 483 g/mol. The van der Waals surface area contributed by atoms with Gasteiger partial charge in [-0.25, -0.2) is 13.2 Å². The molecule has 1 aliphatic carbocycles. The fourth-order valence-corrected chi connectivity index (χ4v) is 6.42. The predicted octanol–water partition coefficient (Wildman–Crippen LogP) is 4.99. The number of halogens is 1. The minimum Gasteiger partial charge on any atom is -0.495 e. The number of aromatic amines is 1. The van der Waals surface area contributed by atoms with Gasteiger partial charge in [-0.1, -0.05) is 30.9 Å². The molecule has 0 unspecified atom stereocenters. The molecule has 0 bridgehead atoms. The van der Waals surface area contributed by atoms with Crippen LogP contribution in [0.15, 0.2) is 23.1 Å². The average Bonchev–Trinajstić information content (AvgIpc) is 3.06. The van der Waals surface area contributed by atoms with Gasteiger partial charge in [0.05, 0.1) is 13.7 Å². The van der Waals surface area contributed by atoms with Gasteiger partial charge >= 0.3 is 5.97 Å². The van der Waals surface area contributed by atoms with Gasteiger partial charge in [0.1, 0.15) is 16.3 Å². The summed E-state index contributed by atoms with van der Waals surface area (Å²) in [6, 6.07) is 4.47. The highest BCUT2D eigenvalue weighted by Crippen LogP contribution is 2.35. The maximum atomic E-state index is 13.9. The zero-order valence-electron chi connectivity index (χ0n) is 19.0. The van der Waals surface area contributed by atoms with Crippen LogP contribution in [0, 0.1) is 13.8 Å². The standard InChI is InChI=1S/C23H31ClN2O5S/c1-5-31-23(27)22-15(2)19(16(3)25-22)14-26(18-9-7-6-8-10-18)32(28,29)21-13-17(24)11-12-20(21)30-4/h11-13,18,25H,5-10,14H2,1-4H3. The molecule has 176 valence electrons. The van der Waals surface area contributed by atoms with E-state index in [-0.39, 0.29) is 29.8 Å². The number of aryl methyl sites for hydroxylation is 1. The third-order valence-electron chi connectivity index (χ3n) is 6.08. The summed E-state index contributed by atoms with van der Waals surface area (Å²) in [5.74, 6) is -0.187. The lowest BCUT2D eigenvalue weighted by molar-refractivity contribution is 0.0519. The fraction of sp³-hybridized carbons (Fsp3) is 0.522. The van der Waals surface area contributed by atoms with Gasteiger partial charge in [0.2, 0.25) is 10.0 Å². The topological polar surface area (TPSA) is 88.7 Å². The van der Waals surface area contributed by atoms with E-state index in [9.17, 15) is 13.2 Å². The molecule has 0 aliphatic heterocycles. The fourth-order valence-electron chi connectivity index (χ4n) is 4.35. The maximum absolute atomic E-state index is 13.9. The SMILES string of the molecule is CCOC(=O)c1[nH]c(C)c(CN(C2CCCCC2)S(=O)(=O)c2cc(Cl)ccc2OC)c1C. The van der Waals surface area contributed by atoms with Crippen LogP contribution in [0.25, 0.3) is 0 Å². The number of carbonyl (C=O) groups excluding carboxylic acids is 1. The van der Waals surface area contributed by atoms with Crippen LogP contribution in [-0.4, -0.2) is 43.4 Å². The van der Waals surface area contributed by atoms with E-state index in [0.717, 1.165) is 43.4 Å². The summed E-state index contributed by atoms with van der Waals surface area (Å²) in [7, 11) is -2.48. The molecular weight excluding hydrogens is 452 g/mol. The van der Waals surface area contributed by atoms with Crippen LogP contribution in [0.1, 0.15) is 66.3 Å². The second kappa shape index (κ2) is 10.3. The number of nitrogens with zero attached hydrogens (tertiary/aromatic N) is 1. The number of benzene rings is 1. The van der Waals surface area contributed by atoms with Crippen molar-refractivity contribution in [1.82, 2.24) is 9.29 Å². The van der Waals surface area contributed by atoms with Gasteiger partial charge in [-0.15, -0.1) is 0 Å². The van der Waals surface area contributed by atoms with Crippen molar-refractivity contribution in [3.05, 3.63) is 45.7 Å². The maximum Gasteiger partial charge on any atom is 0.355 e. The molecule has 0 spiro atoms. The van der Waals surface area contributed by atoms with Gasteiger partial charge in [-0.3, -0.25) is 0 Å². The Hall–Kier alpha value is -2.03. The number of ether oxygens (including phenoxy) is 2. The van der Waals surface area contributed by atoms with Crippen molar-refractivity contribution in [3.63, 3.8) is 0 Å². The van der Waals surface area contributed by atoms with Crippen molar-refractivity contribution < 1.29 is 22.7 Å². The van der Waals surface area contributed by atoms with Crippen LogP contribution < -0.4 is 4.74 Å². The van der Waals surface area contributed by atoms with E-state index in [1.165, 1.54) is 13.2 Å². The molecular formula is C23H31ClN2O5S. The highest BCUT2D eigenvalue weighted by molar-refractivity contribution is 7.89. The number of hydrogen-bond acceptors (Lipinski definition) is 5. The molecule has 3 rings (SSSR count). The number of nitrogens with one attached hydrogen (secondary N) is 1. The van der Waals surface area contributed by atoms with Crippen LogP contribution in [0.4, 0.5) is 0 Å². The lowest BCUT2D eigenvalue weighted by Crippen LogP contribution is -2.41. The summed E-state index contributed by atoms with van der Waals surface area (Å²) in [6.45, 7) is 5.83. The first-order chi connectivity index (χ1) is 15.2. The number of rotatable bonds is 8. The molecule has 1 saturated carbocycles. The molecule has 1 aromatic heterocycles. The van der Waals surface area contributed by atoms with E-state index in [1.54, 1.807) is 23.4 Å². The molecule has 9 heteroatoms. The molecule has 1 aliphatic rings. The number of carbonyl (C=O) groups is 1. The molecule has 0 saturated heterocycles. The number of hydrogen-bond donors (Lipinski definition) is 1. The second-order valence-corrected chi connectivity index (χ2v) is 10.4. The van der Waals surface area contributed by atoms with Crippen molar-refractivity contribution in [1.29, 1.82) is 0 Å². The van der Waals surface area contributed by atoms with Crippen molar-refractivity contribution in [2.24, 2.45) is 0 Å². The van der Waals surface area contributed by atoms with Crippen molar-refractivity contribution in [3.8, 4) is 5.75 Å². The summed E-state index contributed by atoms with van der Waals surface area (Å²) < 4.78 is 39.9. The Morgan fingerprint density at radius 2 is 1.91 bits per heavy atom. The Morgan fingerprint density at radius 3 is 2.53 bits per heavy atom. The van der Waals surface area contributed by atoms with Gasteiger partial charge in [0.15, 0.2) is 0 Å². The lowest BCUT2D eigenvalue weighted by Gasteiger charge is -2.34. The molecule has 1 fully saturated rings. The summed E-state index contributed by atoms with van der Waals surface area (Å²) in [6.07, 6.45) is 4.62. The van der Waals surface area contributed by atoms with Gasteiger partial charge < -0.3 is 14.5 Å². The van der Waals surface area contributed by atoms with Gasteiger partial charge in [-0.05, 0) is 62.9 Å². The van der Waals surface area contributed by atoms with E-state index >= 15 is 0 Å². The molecule has 2 aromatic rings. The van der Waals surface area contributed by atoms with Gasteiger partial charge in [-0.2, -0.15) is 4.31 Å². The number of esters is 1. The molecule has 1 heterocycles. The Bertz CT molecular complexity index is 1070. The number of methoxy groups -OCH3 is 1. The van der Waals surface area contributed by atoms with Crippen LogP contribution in [0.3, 0.4) is 0 Å². The first-order valence-electron chi connectivity index (χ1n) is 10.9. The molecule has 32 heavy (non-hydrogen) atoms. The number of aromatic nitrogens is 1. The van der Waals surface area contributed by atoms with E-state index in [0.29, 0.717) is 16.3 Å². The van der Waals surface area contributed by atoms with E-state index in [4.69, 9.17) is 21.1 Å². The number of H-pyrrole nitrogens is 1. The third-order valence-corrected chi connectivity index (χ3v) is 8.24. The van der Waals surface area contributed by atoms with Gasteiger partial charge in [0.25, 0.3) is 0 Å². The van der Waals surface area contributed by atoms with Crippen LogP contribution in [0.2, 0.25) is 5.02 Å². The highest BCUT2D eigenvalue weighted by Gasteiger charge is 2.36. The van der Waals surface area contributed by atoms with Crippen molar-refractivity contribution in [2.45, 2.75) is 70.4 Å². The Labute approximate surface area is 195 Å². The summed E-state index contributed by atoms with van der Waals surface area (Å²) in [5.41, 5.74) is 2.60. The third kappa shape index (κ3) is 4.97. The Balaban J connectivity index is 2.07. The Kier molecular flexibility index (Phi) is 7.90. The second-order valence-electron chi connectivity index (χ2n) is 8.09. The molecule has 7 nitrogen and oxygen atoms in total. The Morgan fingerprint density at radius 1 is 1.22 bits per heavy atom. The first kappa shape index (κ1) is 24.6. The van der Waals surface area contributed by atoms with E-state index in [2.05, 4.69) is 4.98 Å². The smallest absolute Gasteiger partial charge is 0.355 e. The molecule has 0 amide bonds. The molecule has 1 N–H and O–H groups in total. The lowest BCUT2D eigenvalue weighted by atomic mass is 9.95. The minimum atomic E-state index is -3.93. The van der Waals surface area contributed by atoms with E-state index in [1.807, 2.05) is 13.8 Å². The molecule has 0 atom stereocenters. The van der Waals surface area contributed by atoms with Crippen LogP contribution >= 0.6 is 11.6 Å². The summed E-state index contributed by atoms with van der Waals surface area (Å²) in [5, 5.41) is 0.326. The monoisotopic (exact) mass is 482 g/mol. The predicted molar refractivity (Wildman–Crippen MR) is 124 cm³/mol. The summed E-state index contributed by atoms with van der Waals surface area (Å²) in [4.78, 5) is 15.5. The van der Waals surface area contributed by atoms with Crippen LogP contribution in [-0.2, 0) is 21.3 Å². The van der Waals surface area contributed by atoms with E-state index < -0.39 is 16.0 Å². The quantitative estimate of drug-likeness (QED) is 0.535. The summed E-state index contributed by atoms with van der Waals surface area (Å²) >= 11 is 6.15. The zero-order chi connectivity index (χ0) is 23.5. The number of sulfonamides is 1. The van der Waals surface area contributed by atoms with Gasteiger partial charge in [0, 0.05) is 23.3 Å². The zero-order valence-corrected chi connectivity index (χ0v) is 20.6. The minimum absolute atomic E-state index is 0.0505. The van der Waals surface area contributed by atoms with Crippen molar-refractivity contribution in [2.75, 3.05) is 13.7 Å². The first-order valence-corrected chi connectivity index (χ1v) is 12.7. The molecule has 1 aromatic carbocycles. The largest absolute Gasteiger partial charge is 0.495 e.